The number of hydrogen-bond acceptors (Lipinski definition) is 0. The van der Waals surface area contributed by atoms with Crippen LogP contribution in [-0.2, 0) is 15.3 Å². The van der Waals surface area contributed by atoms with E-state index in [9.17, 15) is 0 Å². The fourth-order valence-electron chi connectivity index (χ4n) is 9.17. The van der Waals surface area contributed by atoms with Crippen LogP contribution in [0.2, 0.25) is 13.1 Å². The van der Waals surface area contributed by atoms with Crippen molar-refractivity contribution in [1.29, 1.82) is 0 Å². The Bertz CT molecular complexity index is 1830. The molecule has 0 spiro atoms. The summed E-state index contributed by atoms with van der Waals surface area (Å²) in [6.07, 6.45) is 7.27. The van der Waals surface area contributed by atoms with E-state index in [2.05, 4.69) is 166 Å². The molecule has 0 heterocycles. The Labute approximate surface area is 312 Å². The maximum atomic E-state index is 8.85. The van der Waals surface area contributed by atoms with Gasteiger partial charge < -0.3 is 0 Å². The number of allylic oxidation sites excluding steroid dienone is 2. The zero-order valence-electron chi connectivity index (χ0n) is 31.9. The Balaban J connectivity index is 1.62. The Kier molecular flexibility index (Phi) is 10.9. The summed E-state index contributed by atoms with van der Waals surface area (Å²) in [5.41, 5.74) is 16.5. The third kappa shape index (κ3) is 6.07. The monoisotopic (exact) mass is 887 g/mol. The molecule has 0 bridgehead atoms. The van der Waals surface area contributed by atoms with Crippen LogP contribution < -0.4 is 0 Å². The van der Waals surface area contributed by atoms with Crippen LogP contribution in [0, 0.1) is 11.8 Å². The number of fused-ring (bicyclic) bond motifs is 2. The molecule has 50 heavy (non-hydrogen) atoms. The molecule has 2 aliphatic rings. The minimum atomic E-state index is -5.10. The number of rotatable bonds is 11. The fourth-order valence-corrected chi connectivity index (χ4v) is 53.8. The van der Waals surface area contributed by atoms with Gasteiger partial charge in [0.1, 0.15) is 0 Å². The molecule has 4 unspecified atom stereocenters. The van der Waals surface area contributed by atoms with E-state index in [0.717, 1.165) is 12.8 Å². The molecule has 0 saturated heterocycles. The van der Waals surface area contributed by atoms with Crippen LogP contribution in [0.5, 0.6) is 0 Å². The summed E-state index contributed by atoms with van der Waals surface area (Å²) in [6.45, 7) is 23.7. The molecule has 4 aromatic carbocycles. The van der Waals surface area contributed by atoms with E-state index in [4.69, 9.17) is 17.2 Å². The number of hydrogen-bond donors (Lipinski definition) is 0. The molecular weight excluding hydrogens is 830 g/mol. The minimum absolute atomic E-state index is 0.0851. The van der Waals surface area contributed by atoms with Gasteiger partial charge in [0.25, 0.3) is 0 Å². The summed E-state index contributed by atoms with van der Waals surface area (Å²) in [7, 11) is 17.7. The molecule has 2 aliphatic carbocycles. The van der Waals surface area contributed by atoms with Crippen molar-refractivity contribution in [3.05, 3.63) is 129 Å². The first-order valence-electron chi connectivity index (χ1n) is 19.2. The molecule has 0 saturated carbocycles. The second-order valence-electron chi connectivity index (χ2n) is 16.3. The van der Waals surface area contributed by atoms with Gasteiger partial charge in [0.15, 0.2) is 0 Å². The van der Waals surface area contributed by atoms with Gasteiger partial charge in [-0.05, 0) is 0 Å². The van der Waals surface area contributed by atoms with Crippen molar-refractivity contribution in [3.8, 4) is 22.3 Å². The van der Waals surface area contributed by atoms with Crippen LogP contribution in [0.25, 0.3) is 34.4 Å². The molecule has 4 aromatic rings. The molecule has 0 nitrogen and oxygen atoms in total. The van der Waals surface area contributed by atoms with E-state index in [-0.39, 0.29) is 7.35 Å². The van der Waals surface area contributed by atoms with Gasteiger partial charge >= 0.3 is 315 Å². The van der Waals surface area contributed by atoms with Crippen molar-refractivity contribution in [3.63, 3.8) is 0 Å². The molecule has 4 atom stereocenters. The van der Waals surface area contributed by atoms with Crippen LogP contribution in [0.3, 0.4) is 0 Å². The molecule has 0 fully saturated rings. The van der Waals surface area contributed by atoms with Crippen molar-refractivity contribution in [2.24, 2.45) is 11.8 Å². The van der Waals surface area contributed by atoms with E-state index >= 15 is 0 Å². The first-order valence-corrected chi connectivity index (χ1v) is 41.4. The third-order valence-electron chi connectivity index (χ3n) is 12.5. The van der Waals surface area contributed by atoms with Gasteiger partial charge in [-0.3, -0.25) is 0 Å². The van der Waals surface area contributed by atoms with Gasteiger partial charge in [0.05, 0.1) is 0 Å². The van der Waals surface area contributed by atoms with Crippen molar-refractivity contribution in [2.75, 3.05) is 0 Å². The quantitative estimate of drug-likeness (QED) is 0.132. The van der Waals surface area contributed by atoms with E-state index in [1.807, 2.05) is 0 Å². The van der Waals surface area contributed by atoms with E-state index < -0.39 is 21.3 Å². The molecule has 0 amide bonds. The van der Waals surface area contributed by atoms with Gasteiger partial charge in [-0.2, -0.15) is 0 Å². The molecule has 0 aliphatic heterocycles. The first kappa shape index (κ1) is 37.8. The summed E-state index contributed by atoms with van der Waals surface area (Å²) in [6, 6.07) is 32.1. The topological polar surface area (TPSA) is 0 Å². The van der Waals surface area contributed by atoms with E-state index in [1.54, 1.807) is 0 Å². The fraction of sp³-hybridized carbons (Fsp3) is 0.391. The Hall–Kier alpha value is -1.97. The normalized spacial score (nSPS) is 19.2. The van der Waals surface area contributed by atoms with Crippen molar-refractivity contribution in [2.45, 2.75) is 101 Å². The van der Waals surface area contributed by atoms with Gasteiger partial charge in [-0.15, -0.1) is 0 Å². The number of halogens is 2. The zero-order chi connectivity index (χ0) is 36.1. The van der Waals surface area contributed by atoms with Crippen LogP contribution in [0.4, 0.5) is 0 Å². The maximum absolute atomic E-state index is 8.85. The third-order valence-corrected chi connectivity index (χ3v) is 85.1. The van der Waals surface area contributed by atoms with Gasteiger partial charge in [0.2, 0.25) is 0 Å². The SMILES string of the molecule is CCC(C)c1ccccc1-c1cccc2c1C=C(C(C)C)[CH]2[Hf]([Cl])([Cl])([CH]1C(C(C)C)=Cc2c(-c3ccccc3C(C)CC)cccc21)[SiH](C)C. The molecular formula is C46H57Cl2HfSi. The Morgan fingerprint density at radius 1 is 0.540 bits per heavy atom. The van der Waals surface area contributed by atoms with Gasteiger partial charge in [-0.25, -0.2) is 0 Å². The Morgan fingerprint density at radius 3 is 1.24 bits per heavy atom. The van der Waals surface area contributed by atoms with Crippen LogP contribution in [0.1, 0.15) is 121 Å². The van der Waals surface area contributed by atoms with Crippen LogP contribution >= 0.6 is 17.2 Å². The predicted octanol–water partition coefficient (Wildman–Crippen LogP) is 14.9. The predicted molar refractivity (Wildman–Crippen MR) is 223 cm³/mol. The first-order chi connectivity index (χ1) is 23.8. The molecule has 6 rings (SSSR count). The van der Waals surface area contributed by atoms with E-state index in [0.29, 0.717) is 23.7 Å². The van der Waals surface area contributed by atoms with Gasteiger partial charge in [-0.1, -0.05) is 0 Å². The summed E-state index contributed by atoms with van der Waals surface area (Å²) < 4.78 is 0.170. The molecule has 263 valence electrons. The zero-order valence-corrected chi connectivity index (χ0v) is 38.2. The summed E-state index contributed by atoms with van der Waals surface area (Å²) in [5.74, 6) is -0.0281. The number of benzene rings is 4. The van der Waals surface area contributed by atoms with Crippen LogP contribution in [0.15, 0.2) is 96.1 Å². The summed E-state index contributed by atoms with van der Waals surface area (Å²) in [5, 5.41) is 0. The van der Waals surface area contributed by atoms with Crippen molar-refractivity contribution in [1.82, 2.24) is 0 Å². The molecule has 4 heteroatoms. The second kappa shape index (κ2) is 14.5. The van der Waals surface area contributed by atoms with Crippen molar-refractivity contribution >= 4 is 35.3 Å². The summed E-state index contributed by atoms with van der Waals surface area (Å²) in [4.78, 5) is 0. The molecule has 0 N–H and O–H groups in total. The molecule has 0 aromatic heterocycles. The summed E-state index contributed by atoms with van der Waals surface area (Å²) >= 11 is -5.10. The standard InChI is InChI=1S/2C22H25.C2H7Si.2ClH.Hf/c2*1-5-16(4)19-10-6-7-11-20(19)21-12-8-9-17-13-18(15(2)3)14-22(17)21;1-3-2;;;/h2*6-16H,5H2,1-4H3;3H,1-2H3;2*1H;/q;;;;;+2/p-2. The van der Waals surface area contributed by atoms with Crippen molar-refractivity contribution < 1.29 is 15.3 Å². The molecule has 0 radical (unpaired) electrons. The average Bonchev–Trinajstić information content (AvgIpc) is 3.72. The average molecular weight is 887 g/mol. The Morgan fingerprint density at radius 2 is 0.900 bits per heavy atom. The van der Waals surface area contributed by atoms with Crippen LogP contribution in [-0.4, -0.2) is 5.98 Å². The second-order valence-corrected chi connectivity index (χ2v) is 75.5. The van der Waals surface area contributed by atoms with Gasteiger partial charge in [0, 0.05) is 0 Å². The van der Waals surface area contributed by atoms with E-state index in [1.165, 1.54) is 66.8 Å².